The first-order chi connectivity index (χ1) is 7.27. The van der Waals surface area contributed by atoms with Crippen molar-refractivity contribution in [1.29, 1.82) is 0 Å². The fraction of sp³-hybridized carbons (Fsp3) is 0.250. The van der Waals surface area contributed by atoms with E-state index in [0.717, 1.165) is 17.0 Å². The molecule has 0 unspecified atom stereocenters. The summed E-state index contributed by atoms with van der Waals surface area (Å²) in [5.41, 5.74) is 2.16. The van der Waals surface area contributed by atoms with E-state index in [-0.39, 0.29) is 0 Å². The maximum atomic E-state index is 4.33. The zero-order chi connectivity index (χ0) is 10.7. The Bertz CT molecular complexity index is 420. The van der Waals surface area contributed by atoms with E-state index >= 15 is 0 Å². The van der Waals surface area contributed by atoms with E-state index in [1.165, 1.54) is 0 Å². The second-order valence-electron chi connectivity index (χ2n) is 3.73. The molecule has 0 bridgehead atoms. The molecule has 3 nitrogen and oxygen atoms in total. The molecule has 0 saturated heterocycles. The van der Waals surface area contributed by atoms with Crippen LogP contribution in [0.25, 0.3) is 11.4 Å². The van der Waals surface area contributed by atoms with Crippen LogP contribution in [-0.4, -0.2) is 15.0 Å². The lowest BCUT2D eigenvalue weighted by Gasteiger charge is -2.04. The van der Waals surface area contributed by atoms with E-state index in [4.69, 9.17) is 0 Å². The largest absolute Gasteiger partial charge is 0.265 e. The molecule has 0 amide bonds. The highest BCUT2D eigenvalue weighted by atomic mass is 14.9. The Balaban J connectivity index is 2.32. The van der Waals surface area contributed by atoms with Crippen molar-refractivity contribution in [2.24, 2.45) is 0 Å². The topological polar surface area (TPSA) is 38.7 Å². The standard InChI is InChI=1S/C12H13N3/c1-9(2)11-7-14-12(15-8-11)10-3-5-13-6-4-10/h3-9H,1-2H3. The molecule has 0 aliphatic heterocycles. The average molecular weight is 199 g/mol. The molecule has 2 aromatic heterocycles. The third-order valence-corrected chi connectivity index (χ3v) is 2.28. The SMILES string of the molecule is CC(C)c1cnc(-c2ccncc2)nc1. The molecule has 0 aliphatic carbocycles. The van der Waals surface area contributed by atoms with E-state index in [0.29, 0.717) is 5.92 Å². The van der Waals surface area contributed by atoms with Crippen molar-refractivity contribution in [3.05, 3.63) is 42.5 Å². The second-order valence-corrected chi connectivity index (χ2v) is 3.73. The van der Waals surface area contributed by atoms with Crippen LogP contribution in [0.2, 0.25) is 0 Å². The lowest BCUT2D eigenvalue weighted by atomic mass is 10.1. The van der Waals surface area contributed by atoms with E-state index < -0.39 is 0 Å². The summed E-state index contributed by atoms with van der Waals surface area (Å²) >= 11 is 0. The smallest absolute Gasteiger partial charge is 0.159 e. The molecule has 76 valence electrons. The molecule has 0 spiro atoms. The second kappa shape index (κ2) is 4.17. The third kappa shape index (κ3) is 2.18. The van der Waals surface area contributed by atoms with Gasteiger partial charge in [0.1, 0.15) is 0 Å². The first-order valence-corrected chi connectivity index (χ1v) is 4.99. The van der Waals surface area contributed by atoms with Crippen molar-refractivity contribution < 1.29 is 0 Å². The maximum absolute atomic E-state index is 4.33. The molecule has 2 rings (SSSR count). The normalized spacial score (nSPS) is 10.6. The van der Waals surface area contributed by atoms with Crippen LogP contribution in [0.15, 0.2) is 36.9 Å². The number of hydrogen-bond acceptors (Lipinski definition) is 3. The summed E-state index contributed by atoms with van der Waals surface area (Å²) in [7, 11) is 0. The molecule has 15 heavy (non-hydrogen) atoms. The maximum Gasteiger partial charge on any atom is 0.159 e. The van der Waals surface area contributed by atoms with E-state index in [2.05, 4.69) is 28.8 Å². The summed E-state index contributed by atoms with van der Waals surface area (Å²) < 4.78 is 0. The van der Waals surface area contributed by atoms with Gasteiger partial charge in [-0.3, -0.25) is 4.98 Å². The van der Waals surface area contributed by atoms with Gasteiger partial charge in [0, 0.05) is 30.4 Å². The highest BCUT2D eigenvalue weighted by Crippen LogP contribution is 2.16. The molecular weight excluding hydrogens is 186 g/mol. The van der Waals surface area contributed by atoms with Gasteiger partial charge in [0.25, 0.3) is 0 Å². The molecule has 3 heteroatoms. The zero-order valence-corrected chi connectivity index (χ0v) is 8.88. The van der Waals surface area contributed by atoms with Gasteiger partial charge in [-0.05, 0) is 23.6 Å². The molecular formula is C12H13N3. The Labute approximate surface area is 89.2 Å². The lowest BCUT2D eigenvalue weighted by molar-refractivity contribution is 0.847. The quantitative estimate of drug-likeness (QED) is 0.746. The molecule has 2 heterocycles. The fourth-order valence-corrected chi connectivity index (χ4v) is 1.29. The Morgan fingerprint density at radius 3 is 2.13 bits per heavy atom. The van der Waals surface area contributed by atoms with Crippen molar-refractivity contribution in [3.8, 4) is 11.4 Å². The molecule has 0 saturated carbocycles. The summed E-state index contributed by atoms with van der Waals surface area (Å²) in [6.07, 6.45) is 7.25. The minimum Gasteiger partial charge on any atom is -0.265 e. The van der Waals surface area contributed by atoms with Crippen LogP contribution >= 0.6 is 0 Å². The van der Waals surface area contributed by atoms with Gasteiger partial charge in [-0.1, -0.05) is 13.8 Å². The van der Waals surface area contributed by atoms with Crippen molar-refractivity contribution >= 4 is 0 Å². The van der Waals surface area contributed by atoms with Gasteiger partial charge < -0.3 is 0 Å². The Morgan fingerprint density at radius 1 is 1.00 bits per heavy atom. The van der Waals surface area contributed by atoms with Crippen LogP contribution in [0.1, 0.15) is 25.3 Å². The van der Waals surface area contributed by atoms with Crippen LogP contribution in [-0.2, 0) is 0 Å². The molecule has 0 N–H and O–H groups in total. The minimum atomic E-state index is 0.469. The molecule has 2 aromatic rings. The molecule has 0 fully saturated rings. The number of rotatable bonds is 2. The van der Waals surface area contributed by atoms with Crippen molar-refractivity contribution in [1.82, 2.24) is 15.0 Å². The van der Waals surface area contributed by atoms with E-state index in [1.54, 1.807) is 12.4 Å². The zero-order valence-electron chi connectivity index (χ0n) is 8.88. The van der Waals surface area contributed by atoms with Gasteiger partial charge in [-0.25, -0.2) is 9.97 Å². The predicted octanol–water partition coefficient (Wildman–Crippen LogP) is 2.66. The molecule has 0 aromatic carbocycles. The summed E-state index contributed by atoms with van der Waals surface area (Å²) in [4.78, 5) is 12.6. The van der Waals surface area contributed by atoms with E-state index in [9.17, 15) is 0 Å². The predicted molar refractivity (Wildman–Crippen MR) is 59.4 cm³/mol. The molecule has 0 radical (unpaired) electrons. The monoisotopic (exact) mass is 199 g/mol. The van der Waals surface area contributed by atoms with E-state index in [1.807, 2.05) is 24.5 Å². The Hall–Kier alpha value is -1.77. The van der Waals surface area contributed by atoms with Crippen molar-refractivity contribution in [2.75, 3.05) is 0 Å². The fourth-order valence-electron chi connectivity index (χ4n) is 1.29. The van der Waals surface area contributed by atoms with Crippen LogP contribution in [0.3, 0.4) is 0 Å². The summed E-state index contributed by atoms with van der Waals surface area (Å²) in [6, 6.07) is 3.81. The van der Waals surface area contributed by atoms with Crippen LogP contribution < -0.4 is 0 Å². The minimum absolute atomic E-state index is 0.469. The van der Waals surface area contributed by atoms with Gasteiger partial charge in [0.15, 0.2) is 5.82 Å². The summed E-state index contributed by atoms with van der Waals surface area (Å²) in [5, 5.41) is 0. The first-order valence-electron chi connectivity index (χ1n) is 4.99. The highest BCUT2D eigenvalue weighted by molar-refractivity contribution is 5.53. The van der Waals surface area contributed by atoms with Gasteiger partial charge >= 0.3 is 0 Å². The number of aromatic nitrogens is 3. The van der Waals surface area contributed by atoms with Crippen molar-refractivity contribution in [2.45, 2.75) is 19.8 Å². The van der Waals surface area contributed by atoms with Crippen LogP contribution in [0.4, 0.5) is 0 Å². The molecule has 0 aliphatic rings. The van der Waals surface area contributed by atoms with Crippen molar-refractivity contribution in [3.63, 3.8) is 0 Å². The van der Waals surface area contributed by atoms with Gasteiger partial charge in [-0.2, -0.15) is 0 Å². The number of pyridine rings is 1. The Kier molecular flexibility index (Phi) is 2.72. The number of nitrogens with zero attached hydrogens (tertiary/aromatic N) is 3. The lowest BCUT2D eigenvalue weighted by Crippen LogP contribution is -1.94. The first kappa shape index (κ1) is 9.77. The molecule has 0 atom stereocenters. The third-order valence-electron chi connectivity index (χ3n) is 2.28. The summed E-state index contributed by atoms with van der Waals surface area (Å²) in [5.74, 6) is 1.22. The van der Waals surface area contributed by atoms with Crippen LogP contribution in [0, 0.1) is 0 Å². The van der Waals surface area contributed by atoms with Gasteiger partial charge in [0.05, 0.1) is 0 Å². The summed E-state index contributed by atoms with van der Waals surface area (Å²) in [6.45, 7) is 4.26. The van der Waals surface area contributed by atoms with Gasteiger partial charge in [-0.15, -0.1) is 0 Å². The Morgan fingerprint density at radius 2 is 1.60 bits per heavy atom. The van der Waals surface area contributed by atoms with Crippen LogP contribution in [0.5, 0.6) is 0 Å². The highest BCUT2D eigenvalue weighted by Gasteiger charge is 2.02. The number of hydrogen-bond donors (Lipinski definition) is 0. The average Bonchev–Trinajstić information content (AvgIpc) is 2.30. The van der Waals surface area contributed by atoms with Gasteiger partial charge in [0.2, 0.25) is 0 Å².